The standard InChI is InChI=1S/C60H56N4O/c1-58(2,3)44-29-30-61-57(36-44)64-53-27-23-42(40-17-12-10-13-18-40)31-52(53)51-26-25-50(38-55(51)64)65-49-22-16-21-47(37-49)62-39-63(48-34-45(59(4,5)6)33-46(35-48)60(7,8)9)56-32-43(24-28-54(56)62)41-19-14-11-15-20-41/h10-38H,1-9H3. The van der Waals surface area contributed by atoms with Gasteiger partial charge in [-0.3, -0.25) is 13.7 Å². The summed E-state index contributed by atoms with van der Waals surface area (Å²) in [4.78, 5) is 4.95. The molecule has 0 radical (unpaired) electrons. The van der Waals surface area contributed by atoms with Crippen LogP contribution in [0.2, 0.25) is 0 Å². The summed E-state index contributed by atoms with van der Waals surface area (Å²) in [6, 6.07) is 60.8. The molecular formula is C60H56N4O. The number of hydrogen-bond acceptors (Lipinski definition) is 2. The van der Waals surface area contributed by atoms with Gasteiger partial charge in [0.1, 0.15) is 17.3 Å². The van der Waals surface area contributed by atoms with E-state index in [4.69, 9.17) is 9.72 Å². The van der Waals surface area contributed by atoms with Crippen LogP contribution in [0.4, 0.5) is 0 Å². The van der Waals surface area contributed by atoms with Crippen LogP contribution in [0.1, 0.15) is 79.0 Å². The lowest BCUT2D eigenvalue weighted by Crippen LogP contribution is -2.31. The summed E-state index contributed by atoms with van der Waals surface area (Å²) in [5.74, 6) is 2.35. The fourth-order valence-corrected chi connectivity index (χ4v) is 8.86. The van der Waals surface area contributed by atoms with Crippen molar-refractivity contribution in [1.29, 1.82) is 0 Å². The fourth-order valence-electron chi connectivity index (χ4n) is 8.86. The lowest BCUT2D eigenvalue weighted by Gasteiger charge is -2.26. The van der Waals surface area contributed by atoms with Gasteiger partial charge in [-0.1, -0.05) is 153 Å². The van der Waals surface area contributed by atoms with Crippen LogP contribution in [-0.4, -0.2) is 14.1 Å². The van der Waals surface area contributed by atoms with Gasteiger partial charge in [0.2, 0.25) is 0 Å². The molecule has 3 aromatic heterocycles. The third-order valence-electron chi connectivity index (χ3n) is 12.7. The van der Waals surface area contributed by atoms with Gasteiger partial charge in [-0.25, -0.2) is 4.98 Å². The summed E-state index contributed by atoms with van der Waals surface area (Å²) in [6.07, 6.45) is 5.74. The summed E-state index contributed by atoms with van der Waals surface area (Å²) >= 11 is 0. The molecular weight excluding hydrogens is 793 g/mol. The van der Waals surface area contributed by atoms with Crippen LogP contribution in [-0.2, 0) is 16.2 Å². The summed E-state index contributed by atoms with van der Waals surface area (Å²) < 4.78 is 13.5. The van der Waals surface area contributed by atoms with Crippen LogP contribution in [0.15, 0.2) is 176 Å². The first-order valence-corrected chi connectivity index (χ1v) is 22.7. The lowest BCUT2D eigenvalue weighted by molar-refractivity contribution is -0.572. The highest BCUT2D eigenvalue weighted by Gasteiger charge is 2.24. The molecule has 0 spiro atoms. The van der Waals surface area contributed by atoms with Gasteiger partial charge >= 0.3 is 0 Å². The number of aromatic nitrogens is 4. The molecule has 0 aliphatic rings. The first kappa shape index (κ1) is 41.8. The third-order valence-corrected chi connectivity index (χ3v) is 12.7. The molecule has 0 saturated heterocycles. The average molecular weight is 849 g/mol. The predicted octanol–water partition coefficient (Wildman–Crippen LogP) is 15.2. The number of pyridine rings is 1. The van der Waals surface area contributed by atoms with Crippen molar-refractivity contribution in [3.05, 3.63) is 199 Å². The molecule has 0 aliphatic heterocycles. The molecule has 3 heterocycles. The second-order valence-corrected chi connectivity index (χ2v) is 20.5. The Balaban J connectivity index is 1.10. The van der Waals surface area contributed by atoms with Crippen LogP contribution in [0.25, 0.3) is 72.3 Å². The fraction of sp³-hybridized carbons (Fsp3) is 0.200. The van der Waals surface area contributed by atoms with Crippen molar-refractivity contribution in [2.45, 2.75) is 78.6 Å². The van der Waals surface area contributed by atoms with E-state index in [9.17, 15) is 0 Å². The van der Waals surface area contributed by atoms with Gasteiger partial charge in [0.25, 0.3) is 6.33 Å². The van der Waals surface area contributed by atoms with Crippen molar-refractivity contribution in [2.24, 2.45) is 0 Å². The van der Waals surface area contributed by atoms with Gasteiger partial charge in [-0.05, 0) is 128 Å². The average Bonchev–Trinajstić information content (AvgIpc) is 3.84. The number of benzene rings is 7. The van der Waals surface area contributed by atoms with Crippen molar-refractivity contribution < 1.29 is 9.30 Å². The molecule has 5 heteroatoms. The molecule has 10 aromatic rings. The molecule has 0 atom stereocenters. The van der Waals surface area contributed by atoms with Gasteiger partial charge in [-0.15, -0.1) is 0 Å². The van der Waals surface area contributed by atoms with E-state index in [0.29, 0.717) is 0 Å². The van der Waals surface area contributed by atoms with E-state index in [0.717, 1.165) is 61.7 Å². The zero-order chi connectivity index (χ0) is 45.3. The van der Waals surface area contributed by atoms with Crippen molar-refractivity contribution >= 4 is 32.8 Å². The van der Waals surface area contributed by atoms with E-state index in [1.807, 2.05) is 12.3 Å². The zero-order valence-corrected chi connectivity index (χ0v) is 38.9. The molecule has 0 saturated carbocycles. The van der Waals surface area contributed by atoms with Gasteiger partial charge in [-0.2, -0.15) is 0 Å². The van der Waals surface area contributed by atoms with E-state index >= 15 is 0 Å². The van der Waals surface area contributed by atoms with Crippen molar-refractivity contribution in [1.82, 2.24) is 14.1 Å². The largest absolute Gasteiger partial charge is 0.458 e. The molecule has 0 N–H and O–H groups in total. The maximum atomic E-state index is 6.83. The summed E-state index contributed by atoms with van der Waals surface area (Å²) in [5, 5.41) is 2.30. The van der Waals surface area contributed by atoms with E-state index in [2.05, 4.69) is 246 Å². The quantitative estimate of drug-likeness (QED) is 0.118. The van der Waals surface area contributed by atoms with Crippen LogP contribution < -0.4 is 9.30 Å². The number of ether oxygens (including phenoxy) is 1. The van der Waals surface area contributed by atoms with Gasteiger partial charge in [0, 0.05) is 23.0 Å². The van der Waals surface area contributed by atoms with Gasteiger partial charge in [0.05, 0.1) is 33.4 Å². The Kier molecular flexibility index (Phi) is 10.1. The molecule has 5 nitrogen and oxygen atoms in total. The molecule has 0 amide bonds. The van der Waals surface area contributed by atoms with Gasteiger partial charge in [0.15, 0.2) is 0 Å². The highest BCUT2D eigenvalue weighted by atomic mass is 16.5. The number of hydrogen-bond donors (Lipinski definition) is 0. The SMILES string of the molecule is CC(C)(C)c1cc(-[n+]2[c-]n(-c3cccc(Oc4ccc5c6cc(-c7ccccc7)ccc6n(-c6cc(C(C)(C)C)ccn6)c5c4)c3)c3ccc(-c4ccccc4)cc32)cc(C(C)(C)C)c1. The van der Waals surface area contributed by atoms with E-state index in [1.54, 1.807) is 0 Å². The first-order valence-electron chi connectivity index (χ1n) is 22.7. The topological polar surface area (TPSA) is 35.9 Å². The van der Waals surface area contributed by atoms with Crippen LogP contribution in [0.5, 0.6) is 11.5 Å². The second kappa shape index (κ2) is 15.8. The molecule has 65 heavy (non-hydrogen) atoms. The van der Waals surface area contributed by atoms with E-state index < -0.39 is 0 Å². The Morgan fingerprint density at radius 2 is 1.08 bits per heavy atom. The Labute approximate surface area is 383 Å². The van der Waals surface area contributed by atoms with Crippen LogP contribution >= 0.6 is 0 Å². The summed E-state index contributed by atoms with van der Waals surface area (Å²) in [7, 11) is 0. The highest BCUT2D eigenvalue weighted by molar-refractivity contribution is 6.10. The molecule has 0 unspecified atom stereocenters. The molecule has 322 valence electrons. The minimum absolute atomic E-state index is 0.0338. The van der Waals surface area contributed by atoms with Crippen molar-refractivity contribution in [3.8, 4) is 50.9 Å². The molecule has 0 bridgehead atoms. The van der Waals surface area contributed by atoms with Crippen molar-refractivity contribution in [3.63, 3.8) is 0 Å². The Morgan fingerprint density at radius 1 is 0.462 bits per heavy atom. The molecule has 7 aromatic carbocycles. The summed E-state index contributed by atoms with van der Waals surface area (Å²) in [6.45, 7) is 20.5. The van der Waals surface area contributed by atoms with Crippen molar-refractivity contribution in [2.75, 3.05) is 0 Å². The second-order valence-electron chi connectivity index (χ2n) is 20.5. The monoisotopic (exact) mass is 848 g/mol. The smallest absolute Gasteiger partial charge is 0.269 e. The number of nitrogens with zero attached hydrogens (tertiary/aromatic N) is 4. The molecule has 0 fully saturated rings. The minimum Gasteiger partial charge on any atom is -0.458 e. The number of fused-ring (bicyclic) bond motifs is 4. The molecule has 10 rings (SSSR count). The maximum Gasteiger partial charge on any atom is 0.269 e. The molecule has 0 aliphatic carbocycles. The Hall–Kier alpha value is -7.24. The van der Waals surface area contributed by atoms with E-state index in [-0.39, 0.29) is 16.2 Å². The van der Waals surface area contributed by atoms with Crippen LogP contribution in [0.3, 0.4) is 0 Å². The van der Waals surface area contributed by atoms with Gasteiger partial charge < -0.3 is 4.74 Å². The lowest BCUT2D eigenvalue weighted by atomic mass is 9.80. The summed E-state index contributed by atoms with van der Waals surface area (Å²) in [5.41, 5.74) is 14.7. The number of rotatable bonds is 7. The highest BCUT2D eigenvalue weighted by Crippen LogP contribution is 2.39. The third kappa shape index (κ3) is 8.01. The Morgan fingerprint density at radius 3 is 1.72 bits per heavy atom. The Bertz CT molecular complexity index is 3360. The zero-order valence-electron chi connectivity index (χ0n) is 38.9. The van der Waals surface area contributed by atoms with E-state index in [1.165, 1.54) is 38.8 Å². The first-order chi connectivity index (χ1) is 31.1. The predicted molar refractivity (Wildman–Crippen MR) is 269 cm³/mol. The maximum absolute atomic E-state index is 6.83. The normalized spacial score (nSPS) is 12.4. The number of imidazole rings is 1. The minimum atomic E-state index is -0.0364. The van der Waals surface area contributed by atoms with Crippen LogP contribution in [0, 0.1) is 6.33 Å².